The summed E-state index contributed by atoms with van der Waals surface area (Å²) in [5, 5.41) is 5.33. The van der Waals surface area contributed by atoms with Gasteiger partial charge in [-0.25, -0.2) is 14.6 Å². The van der Waals surface area contributed by atoms with Crippen molar-refractivity contribution in [3.8, 4) is 0 Å². The zero-order chi connectivity index (χ0) is 24.6. The first kappa shape index (κ1) is 25.8. The summed E-state index contributed by atoms with van der Waals surface area (Å²) in [5.74, 6) is -8.21. The molecule has 2 atom stereocenters. The average Bonchev–Trinajstić information content (AvgIpc) is 3.12. The predicted molar refractivity (Wildman–Crippen MR) is 103 cm³/mol. The van der Waals surface area contributed by atoms with Gasteiger partial charge in [0.25, 0.3) is 32.1 Å². The Morgan fingerprint density at radius 1 is 0.875 bits per heavy atom. The molecule has 4 amide bonds. The SMILES string of the molecule is CCCCCCC(C(=O)O)(N1C(=O)CC(S(=O)(=O)O)C1=O)N1C(=O)CC(S(=O)(=O)O)C1=O. The van der Waals surface area contributed by atoms with Crippen molar-refractivity contribution in [3.05, 3.63) is 0 Å². The third kappa shape index (κ3) is 4.39. The minimum Gasteiger partial charge on any atom is -0.478 e. The molecule has 180 valence electrons. The lowest BCUT2D eigenvalue weighted by Crippen LogP contribution is -2.69. The molecule has 14 nitrogen and oxygen atoms in total. The molecule has 3 N–H and O–H groups in total. The zero-order valence-electron chi connectivity index (χ0n) is 16.8. The highest BCUT2D eigenvalue weighted by atomic mass is 32.2. The summed E-state index contributed by atoms with van der Waals surface area (Å²) in [4.78, 5) is 62.9. The maximum atomic E-state index is 12.7. The van der Waals surface area contributed by atoms with Gasteiger partial charge >= 0.3 is 5.97 Å². The number of aliphatic carboxylic acids is 1. The molecule has 2 rings (SSSR count). The topological polar surface area (TPSA) is 221 Å². The molecule has 2 fully saturated rings. The van der Waals surface area contributed by atoms with Crippen molar-refractivity contribution < 1.29 is 55.0 Å². The number of hydrogen-bond donors (Lipinski definition) is 3. The van der Waals surface area contributed by atoms with Gasteiger partial charge in [0.2, 0.25) is 17.5 Å². The fourth-order valence-corrected chi connectivity index (χ4v) is 5.30. The number of likely N-dealkylation sites (tertiary alicyclic amines) is 2. The Morgan fingerprint density at radius 3 is 1.56 bits per heavy atom. The molecule has 16 heteroatoms. The Balaban J connectivity index is 2.69. The van der Waals surface area contributed by atoms with Gasteiger partial charge in [0.05, 0.1) is 12.8 Å². The van der Waals surface area contributed by atoms with Crippen LogP contribution in [0, 0.1) is 0 Å². The zero-order valence-corrected chi connectivity index (χ0v) is 18.5. The molecule has 2 aliphatic heterocycles. The van der Waals surface area contributed by atoms with Crippen LogP contribution >= 0.6 is 0 Å². The molecule has 0 aromatic rings. The minimum absolute atomic E-state index is 0.0542. The summed E-state index contributed by atoms with van der Waals surface area (Å²) in [6.45, 7) is 1.82. The lowest BCUT2D eigenvalue weighted by molar-refractivity contribution is -0.183. The minimum atomic E-state index is -5.15. The molecule has 2 aliphatic rings. The first-order chi connectivity index (χ1) is 14.6. The summed E-state index contributed by atoms with van der Waals surface area (Å²) in [6, 6.07) is 0. The summed E-state index contributed by atoms with van der Waals surface area (Å²) < 4.78 is 64.6. The van der Waals surface area contributed by atoms with Gasteiger partial charge in [-0.15, -0.1) is 0 Å². The second-order valence-corrected chi connectivity index (χ2v) is 10.7. The molecule has 0 aliphatic carbocycles. The van der Waals surface area contributed by atoms with E-state index in [4.69, 9.17) is 0 Å². The van der Waals surface area contributed by atoms with E-state index in [-0.39, 0.29) is 16.2 Å². The lowest BCUT2D eigenvalue weighted by Gasteiger charge is -2.42. The van der Waals surface area contributed by atoms with E-state index in [1.165, 1.54) is 0 Å². The Labute approximate surface area is 183 Å². The second-order valence-electron chi connectivity index (χ2n) is 7.48. The van der Waals surface area contributed by atoms with E-state index in [9.17, 15) is 55.0 Å². The summed E-state index contributed by atoms with van der Waals surface area (Å²) in [6.07, 6.45) is -1.46. The fraction of sp³-hybridized carbons (Fsp3) is 0.688. The smallest absolute Gasteiger partial charge is 0.351 e. The normalized spacial score (nSPS) is 24.3. The van der Waals surface area contributed by atoms with Crippen LogP contribution in [0.15, 0.2) is 0 Å². The van der Waals surface area contributed by atoms with E-state index >= 15 is 0 Å². The first-order valence-electron chi connectivity index (χ1n) is 9.50. The van der Waals surface area contributed by atoms with Gasteiger partial charge in [-0.1, -0.05) is 26.2 Å². The quantitative estimate of drug-likeness (QED) is 0.183. The molecule has 2 heterocycles. The first-order valence-corrected chi connectivity index (χ1v) is 12.5. The van der Waals surface area contributed by atoms with Crippen LogP contribution in [0.25, 0.3) is 0 Å². The van der Waals surface area contributed by atoms with E-state index in [1.54, 1.807) is 0 Å². The average molecular weight is 498 g/mol. The number of carboxylic acids is 1. The van der Waals surface area contributed by atoms with Gasteiger partial charge in [0, 0.05) is 6.42 Å². The summed E-state index contributed by atoms with van der Waals surface area (Å²) >= 11 is 0. The number of nitrogens with zero attached hydrogens (tertiary/aromatic N) is 2. The van der Waals surface area contributed by atoms with Crippen LogP contribution in [0.1, 0.15) is 51.9 Å². The van der Waals surface area contributed by atoms with Crippen molar-refractivity contribution in [1.29, 1.82) is 0 Å². The van der Waals surface area contributed by atoms with Crippen molar-refractivity contribution in [2.45, 2.75) is 68.0 Å². The van der Waals surface area contributed by atoms with Crippen molar-refractivity contribution in [3.63, 3.8) is 0 Å². The van der Waals surface area contributed by atoms with Gasteiger partial charge in [-0.2, -0.15) is 16.8 Å². The van der Waals surface area contributed by atoms with Crippen LogP contribution in [0.4, 0.5) is 0 Å². The number of carbonyl (C=O) groups is 5. The van der Waals surface area contributed by atoms with Crippen molar-refractivity contribution >= 4 is 49.8 Å². The highest BCUT2D eigenvalue weighted by Crippen LogP contribution is 2.38. The molecule has 2 unspecified atom stereocenters. The van der Waals surface area contributed by atoms with Crippen molar-refractivity contribution in [1.82, 2.24) is 9.80 Å². The Morgan fingerprint density at radius 2 is 1.28 bits per heavy atom. The van der Waals surface area contributed by atoms with Crippen molar-refractivity contribution in [2.24, 2.45) is 0 Å². The van der Waals surface area contributed by atoms with E-state index in [2.05, 4.69) is 0 Å². The number of carboxylic acid groups (broad SMARTS) is 1. The fourth-order valence-electron chi connectivity index (χ4n) is 3.87. The van der Waals surface area contributed by atoms with E-state index < -0.39 is 85.3 Å². The number of amides is 4. The van der Waals surface area contributed by atoms with Gasteiger partial charge in [-0.05, 0) is 6.42 Å². The third-order valence-electron chi connectivity index (χ3n) is 5.39. The highest BCUT2D eigenvalue weighted by molar-refractivity contribution is 7.87. The van der Waals surface area contributed by atoms with E-state index in [0.717, 1.165) is 0 Å². The summed E-state index contributed by atoms with van der Waals surface area (Å²) in [5.41, 5.74) is -3.07. The maximum absolute atomic E-state index is 12.7. The van der Waals surface area contributed by atoms with E-state index in [0.29, 0.717) is 19.3 Å². The largest absolute Gasteiger partial charge is 0.478 e. The molecule has 32 heavy (non-hydrogen) atoms. The van der Waals surface area contributed by atoms with Gasteiger partial charge in [0.15, 0.2) is 10.5 Å². The third-order valence-corrected chi connectivity index (χ3v) is 7.57. The number of unbranched alkanes of at least 4 members (excludes halogenated alkanes) is 3. The van der Waals surface area contributed by atoms with E-state index in [1.807, 2.05) is 6.92 Å². The standard InChI is InChI=1S/C16H22N2O12S2/c1-2-3-4-5-6-16(15(23)24,17-11(19)7-9(13(17)21)31(25,26)27)18-12(20)8-10(14(18)22)32(28,29)30/h9-10H,2-8H2,1H3,(H,23,24)(H,25,26,27)(H,28,29,30). The Kier molecular flexibility index (Phi) is 7.13. The van der Waals surface area contributed by atoms with Gasteiger partial charge < -0.3 is 5.11 Å². The monoisotopic (exact) mass is 498 g/mol. The molecule has 2 saturated heterocycles. The number of carbonyl (C=O) groups excluding carboxylic acids is 4. The number of imide groups is 2. The number of rotatable bonds is 10. The molecule has 0 aromatic carbocycles. The Bertz CT molecular complexity index is 995. The maximum Gasteiger partial charge on any atom is 0.351 e. The van der Waals surface area contributed by atoms with Gasteiger partial charge in [-0.3, -0.25) is 28.3 Å². The van der Waals surface area contributed by atoms with Crippen molar-refractivity contribution in [2.75, 3.05) is 0 Å². The molecular weight excluding hydrogens is 476 g/mol. The summed E-state index contributed by atoms with van der Waals surface area (Å²) in [7, 11) is -10.3. The van der Waals surface area contributed by atoms with Crippen LogP contribution in [0.2, 0.25) is 0 Å². The molecular formula is C16H22N2O12S2. The van der Waals surface area contributed by atoms with Crippen LogP contribution in [0.3, 0.4) is 0 Å². The van der Waals surface area contributed by atoms with Crippen LogP contribution in [0.5, 0.6) is 0 Å². The van der Waals surface area contributed by atoms with Crippen LogP contribution < -0.4 is 0 Å². The molecule has 0 saturated carbocycles. The number of hydrogen-bond acceptors (Lipinski definition) is 9. The molecule has 0 radical (unpaired) electrons. The molecule has 0 spiro atoms. The van der Waals surface area contributed by atoms with Gasteiger partial charge in [0.1, 0.15) is 0 Å². The van der Waals surface area contributed by atoms with Crippen LogP contribution in [-0.2, 0) is 44.2 Å². The highest BCUT2D eigenvalue weighted by Gasteiger charge is 2.66. The molecule has 0 aromatic heterocycles. The lowest BCUT2D eigenvalue weighted by atomic mass is 9.96. The Hall–Kier alpha value is -2.43. The second kappa shape index (κ2) is 8.84. The predicted octanol–water partition coefficient (Wildman–Crippen LogP) is -1.23. The van der Waals surface area contributed by atoms with Crippen LogP contribution in [-0.4, -0.2) is 86.6 Å². The molecule has 0 bridgehead atoms.